The molecular weight excluding hydrogens is 496 g/mol. The van der Waals surface area contributed by atoms with E-state index in [1.807, 2.05) is 6.07 Å². The molecule has 7 nitrogen and oxygen atoms in total. The number of nitrogen functional groups attached to an aromatic ring is 1. The highest BCUT2D eigenvalue weighted by molar-refractivity contribution is 5.77. The molecule has 2 aromatic heterocycles. The van der Waals surface area contributed by atoms with Gasteiger partial charge in [-0.1, -0.05) is 60.7 Å². The molecule has 8 rings (SSSR count). The number of nitrogens with two attached hydrogens (primary N) is 1. The molecule has 4 aliphatic rings. The number of nitrogens with one attached hydrogen (secondary N) is 1. The van der Waals surface area contributed by atoms with Crippen molar-refractivity contribution < 1.29 is 4.74 Å². The number of benzene rings is 2. The summed E-state index contributed by atoms with van der Waals surface area (Å²) in [5.74, 6) is 0.641. The van der Waals surface area contributed by atoms with Crippen LogP contribution in [0, 0.1) is 0 Å². The number of anilines is 1. The average Bonchev–Trinajstić information content (AvgIpc) is 3.71. The van der Waals surface area contributed by atoms with E-state index in [-0.39, 0.29) is 11.5 Å². The van der Waals surface area contributed by atoms with E-state index in [2.05, 4.69) is 86.0 Å². The summed E-state index contributed by atoms with van der Waals surface area (Å²) in [6.45, 7) is 2.94. The van der Waals surface area contributed by atoms with Gasteiger partial charge in [-0.3, -0.25) is 4.90 Å². The molecule has 208 valence electrons. The standard InChI is InChI=1S/C33H40N6O/c34-29-22-28(30-31(35-29)37-38-36-30)27(24-8-3-1-4-9-24)13-20-39(23-26-12-7-21-40-26)33-17-14-32(15-18-33,16-19-33)25-10-5-2-6-11-25/h1-6,8-11,22,26-27H,7,12-21,23H2,(H3,34,35,36,37,38)/t26?,27-,32?,33?/m1/s1. The van der Waals surface area contributed by atoms with Gasteiger partial charge in [0, 0.05) is 24.6 Å². The van der Waals surface area contributed by atoms with Crippen molar-refractivity contribution in [1.29, 1.82) is 0 Å². The van der Waals surface area contributed by atoms with Gasteiger partial charge in [0.25, 0.3) is 0 Å². The molecule has 2 bridgehead atoms. The highest BCUT2D eigenvalue weighted by Crippen LogP contribution is 2.56. The third-order valence-electron chi connectivity index (χ3n) is 10.3. The van der Waals surface area contributed by atoms with Crippen LogP contribution < -0.4 is 5.73 Å². The van der Waals surface area contributed by atoms with Gasteiger partial charge in [0.15, 0.2) is 0 Å². The predicted molar refractivity (Wildman–Crippen MR) is 158 cm³/mol. The van der Waals surface area contributed by atoms with Crippen LogP contribution in [0.2, 0.25) is 0 Å². The Kier molecular flexibility index (Phi) is 6.80. The Balaban J connectivity index is 1.18. The molecular formula is C33H40N6O. The van der Waals surface area contributed by atoms with Gasteiger partial charge >= 0.3 is 0 Å². The molecule has 3 N–H and O–H groups in total. The molecule has 40 heavy (non-hydrogen) atoms. The fourth-order valence-electron chi connectivity index (χ4n) is 8.04. The topological polar surface area (TPSA) is 92.9 Å². The van der Waals surface area contributed by atoms with Crippen molar-refractivity contribution in [2.75, 3.05) is 25.4 Å². The van der Waals surface area contributed by atoms with E-state index in [1.165, 1.54) is 56.9 Å². The van der Waals surface area contributed by atoms with Gasteiger partial charge in [-0.2, -0.15) is 10.3 Å². The van der Waals surface area contributed by atoms with Crippen LogP contribution in [-0.4, -0.2) is 56.6 Å². The summed E-state index contributed by atoms with van der Waals surface area (Å²) in [5, 5.41) is 11.5. The summed E-state index contributed by atoms with van der Waals surface area (Å²) in [5.41, 5.74) is 12.2. The van der Waals surface area contributed by atoms with Crippen LogP contribution in [0.3, 0.4) is 0 Å². The van der Waals surface area contributed by atoms with Crippen molar-refractivity contribution >= 4 is 17.0 Å². The Morgan fingerprint density at radius 3 is 2.38 bits per heavy atom. The number of ether oxygens (including phenoxy) is 1. The Bertz CT molecular complexity index is 1410. The lowest BCUT2D eigenvalue weighted by atomic mass is 9.54. The summed E-state index contributed by atoms with van der Waals surface area (Å²) in [4.78, 5) is 7.26. The third-order valence-corrected chi connectivity index (χ3v) is 10.3. The van der Waals surface area contributed by atoms with Crippen LogP contribution in [0.15, 0.2) is 66.7 Å². The first-order valence-corrected chi connectivity index (χ1v) is 15.1. The molecule has 4 aromatic rings. The van der Waals surface area contributed by atoms with Crippen LogP contribution >= 0.6 is 0 Å². The Morgan fingerprint density at radius 1 is 0.950 bits per heavy atom. The molecule has 4 fully saturated rings. The lowest BCUT2D eigenvalue weighted by molar-refractivity contribution is -0.0494. The van der Waals surface area contributed by atoms with Gasteiger partial charge in [0.2, 0.25) is 5.65 Å². The lowest BCUT2D eigenvalue weighted by Crippen LogP contribution is -2.59. The minimum absolute atomic E-state index is 0.151. The van der Waals surface area contributed by atoms with E-state index in [0.29, 0.717) is 23.0 Å². The van der Waals surface area contributed by atoms with Gasteiger partial charge in [0.05, 0.1) is 6.10 Å². The van der Waals surface area contributed by atoms with E-state index in [4.69, 9.17) is 10.5 Å². The normalized spacial score (nSPS) is 27.0. The molecule has 0 spiro atoms. The maximum absolute atomic E-state index is 6.27. The second-order valence-corrected chi connectivity index (χ2v) is 12.3. The van der Waals surface area contributed by atoms with Crippen LogP contribution in [-0.2, 0) is 10.2 Å². The number of fused-ring (bicyclic) bond motifs is 4. The van der Waals surface area contributed by atoms with E-state index in [1.54, 1.807) is 5.56 Å². The number of aromatic nitrogens is 4. The fraction of sp³-hybridized carbons (Fsp3) is 0.485. The molecule has 3 aliphatic carbocycles. The highest BCUT2D eigenvalue weighted by Gasteiger charge is 2.52. The molecule has 0 amide bonds. The van der Waals surface area contributed by atoms with Gasteiger partial charge in [-0.25, -0.2) is 4.98 Å². The fourth-order valence-corrected chi connectivity index (χ4v) is 8.04. The SMILES string of the molecule is Nc1cc([C@H](CCN(CC2CCCO2)C23CCC(c4ccccc4)(CC2)CC3)c2ccccc2)c2n[nH]nc2n1. The molecule has 1 saturated heterocycles. The van der Waals surface area contributed by atoms with Crippen LogP contribution in [0.25, 0.3) is 11.2 Å². The number of rotatable bonds is 9. The molecule has 3 heterocycles. The average molecular weight is 537 g/mol. The van der Waals surface area contributed by atoms with Crippen LogP contribution in [0.4, 0.5) is 5.82 Å². The Hall–Kier alpha value is -3.29. The highest BCUT2D eigenvalue weighted by atomic mass is 16.5. The molecule has 1 aliphatic heterocycles. The minimum Gasteiger partial charge on any atom is -0.384 e. The van der Waals surface area contributed by atoms with Crippen molar-refractivity contribution in [3.8, 4) is 0 Å². The number of H-pyrrole nitrogens is 1. The minimum atomic E-state index is 0.151. The number of pyridine rings is 1. The second-order valence-electron chi connectivity index (χ2n) is 12.3. The third kappa shape index (κ3) is 4.69. The van der Waals surface area contributed by atoms with Gasteiger partial charge in [-0.05, 0) is 92.5 Å². The van der Waals surface area contributed by atoms with Gasteiger partial charge < -0.3 is 10.5 Å². The van der Waals surface area contributed by atoms with Crippen molar-refractivity contribution in [2.45, 2.75) is 80.8 Å². The van der Waals surface area contributed by atoms with Crippen molar-refractivity contribution in [3.05, 3.63) is 83.4 Å². The molecule has 3 saturated carbocycles. The molecule has 1 unspecified atom stereocenters. The first-order valence-electron chi connectivity index (χ1n) is 15.1. The number of hydrogen-bond acceptors (Lipinski definition) is 6. The number of nitrogens with zero attached hydrogens (tertiary/aromatic N) is 4. The van der Waals surface area contributed by atoms with Crippen LogP contribution in [0.5, 0.6) is 0 Å². The predicted octanol–water partition coefficient (Wildman–Crippen LogP) is 5.98. The monoisotopic (exact) mass is 536 g/mol. The summed E-state index contributed by atoms with van der Waals surface area (Å²) in [6.07, 6.45) is 11.3. The zero-order valence-electron chi connectivity index (χ0n) is 23.3. The van der Waals surface area contributed by atoms with E-state index in [0.717, 1.165) is 37.2 Å². The largest absolute Gasteiger partial charge is 0.384 e. The molecule has 2 atom stereocenters. The molecule has 0 radical (unpaired) electrons. The van der Waals surface area contributed by atoms with E-state index < -0.39 is 0 Å². The lowest BCUT2D eigenvalue weighted by Gasteiger charge is -2.58. The van der Waals surface area contributed by atoms with E-state index in [9.17, 15) is 0 Å². The maximum atomic E-state index is 6.27. The summed E-state index contributed by atoms with van der Waals surface area (Å²) >= 11 is 0. The smallest absolute Gasteiger partial charge is 0.203 e. The zero-order chi connectivity index (χ0) is 27.0. The maximum Gasteiger partial charge on any atom is 0.203 e. The van der Waals surface area contributed by atoms with Crippen molar-refractivity contribution in [3.63, 3.8) is 0 Å². The van der Waals surface area contributed by atoms with Crippen LogP contribution in [0.1, 0.15) is 80.4 Å². The number of aromatic amines is 1. The van der Waals surface area contributed by atoms with E-state index >= 15 is 0 Å². The van der Waals surface area contributed by atoms with Gasteiger partial charge in [0.1, 0.15) is 11.3 Å². The summed E-state index contributed by atoms with van der Waals surface area (Å²) in [6, 6.07) is 24.1. The van der Waals surface area contributed by atoms with Crippen molar-refractivity contribution in [1.82, 2.24) is 25.3 Å². The Labute approximate surface area is 236 Å². The summed E-state index contributed by atoms with van der Waals surface area (Å²) in [7, 11) is 0. The zero-order valence-corrected chi connectivity index (χ0v) is 23.3. The summed E-state index contributed by atoms with van der Waals surface area (Å²) < 4.78 is 6.22. The Morgan fingerprint density at radius 2 is 1.68 bits per heavy atom. The molecule has 2 aromatic carbocycles. The second kappa shape index (κ2) is 10.6. The first kappa shape index (κ1) is 25.7. The van der Waals surface area contributed by atoms with Crippen molar-refractivity contribution in [2.24, 2.45) is 0 Å². The van der Waals surface area contributed by atoms with Gasteiger partial charge in [-0.15, -0.1) is 5.10 Å². The quantitative estimate of drug-likeness (QED) is 0.273. The number of hydrogen-bond donors (Lipinski definition) is 2. The molecule has 7 heteroatoms. The first-order chi connectivity index (χ1) is 19.6.